The topological polar surface area (TPSA) is 66.9 Å². The predicted molar refractivity (Wildman–Crippen MR) is 105 cm³/mol. The average molecular weight is 415 g/mol. The molecule has 0 saturated carbocycles. The summed E-state index contributed by atoms with van der Waals surface area (Å²) >= 11 is 6.35. The molecule has 2 aliphatic heterocycles. The molecule has 1 atom stereocenters. The molecular formula is C19H27ClN2O4S. The molecule has 2 heterocycles. The van der Waals surface area contributed by atoms with E-state index in [0.717, 1.165) is 29.5 Å². The van der Waals surface area contributed by atoms with Crippen molar-refractivity contribution < 1.29 is 17.9 Å². The zero-order chi connectivity index (χ0) is 20.0. The Kier molecular flexibility index (Phi) is 5.49. The van der Waals surface area contributed by atoms with E-state index < -0.39 is 15.6 Å². The summed E-state index contributed by atoms with van der Waals surface area (Å²) in [5.74, 6) is 0. The Hall–Kier alpha value is -1.31. The summed E-state index contributed by atoms with van der Waals surface area (Å²) in [5.41, 5.74) is 2.41. The van der Waals surface area contributed by atoms with Gasteiger partial charge in [0, 0.05) is 24.7 Å². The van der Waals surface area contributed by atoms with Gasteiger partial charge in [-0.05, 0) is 68.9 Å². The van der Waals surface area contributed by atoms with Crippen LogP contribution in [0.15, 0.2) is 12.1 Å². The van der Waals surface area contributed by atoms with Gasteiger partial charge in [-0.1, -0.05) is 11.6 Å². The predicted octanol–water partition coefficient (Wildman–Crippen LogP) is 3.73. The van der Waals surface area contributed by atoms with Crippen LogP contribution in [0.2, 0.25) is 5.02 Å². The summed E-state index contributed by atoms with van der Waals surface area (Å²) < 4.78 is 31.1. The average Bonchev–Trinajstić information content (AvgIpc) is 3.00. The lowest BCUT2D eigenvalue weighted by atomic mass is 9.91. The molecule has 0 aliphatic carbocycles. The maximum Gasteiger partial charge on any atom is 0.410 e. The van der Waals surface area contributed by atoms with Crippen LogP contribution in [0.1, 0.15) is 56.3 Å². The Morgan fingerprint density at radius 2 is 1.96 bits per heavy atom. The highest BCUT2D eigenvalue weighted by molar-refractivity contribution is 7.88. The maximum atomic E-state index is 12.7. The minimum atomic E-state index is -3.28. The Bertz CT molecular complexity index is 848. The van der Waals surface area contributed by atoms with Crippen molar-refractivity contribution in [3.8, 4) is 0 Å². The van der Waals surface area contributed by atoms with Crippen LogP contribution in [0.25, 0.3) is 0 Å². The second-order valence-electron chi connectivity index (χ2n) is 8.31. The monoisotopic (exact) mass is 414 g/mol. The van der Waals surface area contributed by atoms with Crippen molar-refractivity contribution in [3.05, 3.63) is 33.8 Å². The second kappa shape index (κ2) is 7.26. The van der Waals surface area contributed by atoms with E-state index in [1.807, 2.05) is 32.9 Å². The van der Waals surface area contributed by atoms with Gasteiger partial charge in [-0.3, -0.25) is 0 Å². The summed E-state index contributed by atoms with van der Waals surface area (Å²) in [4.78, 5) is 14.4. The summed E-state index contributed by atoms with van der Waals surface area (Å²) in [5, 5.41) is 0.618. The number of hydrogen-bond acceptors (Lipinski definition) is 4. The number of fused-ring (bicyclic) bond motifs is 1. The molecular weight excluding hydrogens is 388 g/mol. The molecule has 1 aromatic rings. The number of rotatable bonds is 2. The van der Waals surface area contributed by atoms with Crippen LogP contribution in [0.3, 0.4) is 0 Å². The Morgan fingerprint density at radius 3 is 2.59 bits per heavy atom. The molecule has 2 aliphatic rings. The first-order valence-corrected chi connectivity index (χ1v) is 11.4. The number of benzene rings is 1. The number of amides is 1. The van der Waals surface area contributed by atoms with Gasteiger partial charge in [0.15, 0.2) is 0 Å². The van der Waals surface area contributed by atoms with Gasteiger partial charge in [-0.25, -0.2) is 13.2 Å². The van der Waals surface area contributed by atoms with E-state index in [1.165, 1.54) is 10.6 Å². The molecule has 27 heavy (non-hydrogen) atoms. The minimum absolute atomic E-state index is 0.146. The lowest BCUT2D eigenvalue weighted by Crippen LogP contribution is -2.38. The lowest BCUT2D eigenvalue weighted by molar-refractivity contribution is 0.0223. The highest BCUT2D eigenvalue weighted by atomic mass is 35.5. The van der Waals surface area contributed by atoms with Gasteiger partial charge in [-0.15, -0.1) is 0 Å². The van der Waals surface area contributed by atoms with Crippen molar-refractivity contribution in [2.45, 2.75) is 58.2 Å². The molecule has 0 bridgehead atoms. The van der Waals surface area contributed by atoms with Crippen LogP contribution in [-0.4, -0.2) is 48.7 Å². The number of ether oxygens (including phenoxy) is 1. The summed E-state index contributed by atoms with van der Waals surface area (Å²) in [6.45, 7) is 6.94. The van der Waals surface area contributed by atoms with Crippen LogP contribution in [0, 0.1) is 0 Å². The van der Waals surface area contributed by atoms with Crippen LogP contribution in [0.4, 0.5) is 4.79 Å². The normalized spacial score (nSPS) is 21.2. The second-order valence-corrected chi connectivity index (χ2v) is 10.7. The van der Waals surface area contributed by atoms with Gasteiger partial charge < -0.3 is 9.64 Å². The van der Waals surface area contributed by atoms with Crippen molar-refractivity contribution in [1.29, 1.82) is 0 Å². The fraction of sp³-hybridized carbons (Fsp3) is 0.632. The third-order valence-electron chi connectivity index (χ3n) is 5.02. The smallest absolute Gasteiger partial charge is 0.410 e. The van der Waals surface area contributed by atoms with E-state index in [4.69, 9.17) is 16.3 Å². The van der Waals surface area contributed by atoms with Crippen LogP contribution < -0.4 is 0 Å². The van der Waals surface area contributed by atoms with E-state index in [-0.39, 0.29) is 12.1 Å². The zero-order valence-corrected chi connectivity index (χ0v) is 17.9. The first kappa shape index (κ1) is 20.4. The number of nitrogens with zero attached hydrogens (tertiary/aromatic N) is 2. The zero-order valence-electron chi connectivity index (χ0n) is 16.3. The molecule has 8 heteroatoms. The Morgan fingerprint density at radius 1 is 1.26 bits per heavy atom. The number of halogens is 1. The molecule has 0 aromatic heterocycles. The number of hydrogen-bond donors (Lipinski definition) is 0. The fourth-order valence-corrected chi connectivity index (χ4v) is 4.88. The molecule has 6 nitrogen and oxygen atoms in total. The third-order valence-corrected chi connectivity index (χ3v) is 6.48. The first-order valence-electron chi connectivity index (χ1n) is 9.21. The molecule has 1 fully saturated rings. The summed E-state index contributed by atoms with van der Waals surface area (Å²) in [6.07, 6.45) is 3.20. The summed E-state index contributed by atoms with van der Waals surface area (Å²) in [6, 6.07) is 3.64. The largest absolute Gasteiger partial charge is 0.444 e. The van der Waals surface area contributed by atoms with Gasteiger partial charge in [-0.2, -0.15) is 4.31 Å². The molecule has 3 rings (SSSR count). The number of likely N-dealkylation sites (tertiary alicyclic amines) is 1. The highest BCUT2D eigenvalue weighted by Crippen LogP contribution is 2.39. The van der Waals surface area contributed by atoms with Crippen molar-refractivity contribution in [2.75, 3.05) is 19.3 Å². The quantitative estimate of drug-likeness (QED) is 0.739. The van der Waals surface area contributed by atoms with E-state index in [9.17, 15) is 13.2 Å². The number of carbonyl (C=O) groups excluding carboxylic acids is 1. The van der Waals surface area contributed by atoms with E-state index >= 15 is 0 Å². The minimum Gasteiger partial charge on any atom is -0.444 e. The highest BCUT2D eigenvalue weighted by Gasteiger charge is 2.36. The standard InChI is InChI=1S/C19H27ClN2O4S/c1-19(2,3)26-18(23)22-8-5-6-17(22)15-11-14(20)10-13-7-9-21(12-16(13)15)27(4,24)25/h10-11,17H,5-9,12H2,1-4H3/t17-/m0/s1. The lowest BCUT2D eigenvalue weighted by Gasteiger charge is -2.33. The van der Waals surface area contributed by atoms with Gasteiger partial charge in [0.1, 0.15) is 5.60 Å². The number of sulfonamides is 1. The van der Waals surface area contributed by atoms with Crippen LogP contribution in [0.5, 0.6) is 0 Å². The third kappa shape index (κ3) is 4.58. The van der Waals surface area contributed by atoms with Crippen molar-refractivity contribution in [3.63, 3.8) is 0 Å². The summed E-state index contributed by atoms with van der Waals surface area (Å²) in [7, 11) is -3.28. The van der Waals surface area contributed by atoms with E-state index in [0.29, 0.717) is 31.1 Å². The molecule has 0 unspecified atom stereocenters. The van der Waals surface area contributed by atoms with Gasteiger partial charge in [0.25, 0.3) is 0 Å². The molecule has 0 spiro atoms. The molecule has 1 amide bonds. The van der Waals surface area contributed by atoms with Gasteiger partial charge >= 0.3 is 6.09 Å². The van der Waals surface area contributed by atoms with E-state index in [1.54, 1.807) is 4.90 Å². The fourth-order valence-electron chi connectivity index (χ4n) is 3.84. The van der Waals surface area contributed by atoms with Gasteiger partial charge in [0.05, 0.1) is 12.3 Å². The molecule has 1 saturated heterocycles. The first-order chi connectivity index (χ1) is 12.5. The van der Waals surface area contributed by atoms with Crippen LogP contribution >= 0.6 is 11.6 Å². The molecule has 0 N–H and O–H groups in total. The van der Waals surface area contributed by atoms with E-state index in [2.05, 4.69) is 0 Å². The Balaban J connectivity index is 1.97. The SMILES string of the molecule is CC(C)(C)OC(=O)N1CCC[C@H]1c1cc(Cl)cc2c1CN(S(C)(=O)=O)CC2. The molecule has 150 valence electrons. The van der Waals surface area contributed by atoms with Crippen LogP contribution in [-0.2, 0) is 27.7 Å². The van der Waals surface area contributed by atoms with Crippen molar-refractivity contribution in [1.82, 2.24) is 9.21 Å². The molecule has 0 radical (unpaired) electrons. The Labute approximate surface area is 166 Å². The van der Waals surface area contributed by atoms with Gasteiger partial charge in [0.2, 0.25) is 10.0 Å². The molecule has 1 aromatic carbocycles. The number of carbonyl (C=O) groups is 1. The van der Waals surface area contributed by atoms with Crippen molar-refractivity contribution in [2.24, 2.45) is 0 Å². The maximum absolute atomic E-state index is 12.7. The van der Waals surface area contributed by atoms with Crippen molar-refractivity contribution >= 4 is 27.7 Å².